The van der Waals surface area contributed by atoms with Crippen LogP contribution in [-0.2, 0) is 24.3 Å². The Kier molecular flexibility index (Phi) is 7.89. The topological polar surface area (TPSA) is 56.1 Å². The standard InChI is InChI=1S/C25H33N3O2/c1-4-19-12-14-21(15-13-19)30-17-9-16-28-23-11-8-7-10-22(23)27-24(28)18-26-25(29)20(5-2)6-3/h7-8,10-15,20H,4-6,9,16-18H2,1-3H3,(H,26,29). The number of amides is 1. The number of carbonyl (C=O) groups excluding carboxylic acids is 1. The molecule has 1 amide bonds. The molecule has 1 aromatic heterocycles. The molecular formula is C25H33N3O2. The fraction of sp³-hybridized carbons (Fsp3) is 0.440. The Hall–Kier alpha value is -2.82. The van der Waals surface area contributed by atoms with Crippen LogP contribution in [0.25, 0.3) is 11.0 Å². The van der Waals surface area contributed by atoms with E-state index in [0.717, 1.165) is 54.8 Å². The summed E-state index contributed by atoms with van der Waals surface area (Å²) < 4.78 is 8.11. The van der Waals surface area contributed by atoms with Crippen LogP contribution in [0.5, 0.6) is 5.75 Å². The highest BCUT2D eigenvalue weighted by molar-refractivity contribution is 5.79. The van der Waals surface area contributed by atoms with Gasteiger partial charge in [0.15, 0.2) is 0 Å². The van der Waals surface area contributed by atoms with Gasteiger partial charge >= 0.3 is 0 Å². The molecule has 3 rings (SSSR count). The summed E-state index contributed by atoms with van der Waals surface area (Å²) in [6.45, 7) is 8.14. The summed E-state index contributed by atoms with van der Waals surface area (Å²) in [5.41, 5.74) is 3.37. The van der Waals surface area contributed by atoms with Crippen molar-refractivity contribution in [1.82, 2.24) is 14.9 Å². The third-order valence-electron chi connectivity index (χ3n) is 5.64. The number of aromatic nitrogens is 2. The summed E-state index contributed by atoms with van der Waals surface area (Å²) in [7, 11) is 0. The van der Waals surface area contributed by atoms with Gasteiger partial charge in [-0.3, -0.25) is 4.79 Å². The van der Waals surface area contributed by atoms with Gasteiger partial charge in [0.1, 0.15) is 11.6 Å². The van der Waals surface area contributed by atoms with Gasteiger partial charge in [-0.15, -0.1) is 0 Å². The Morgan fingerprint density at radius 3 is 2.50 bits per heavy atom. The molecule has 3 aromatic rings. The maximum atomic E-state index is 12.4. The van der Waals surface area contributed by atoms with Crippen LogP contribution in [0.2, 0.25) is 0 Å². The third-order valence-corrected chi connectivity index (χ3v) is 5.64. The highest BCUT2D eigenvalue weighted by Gasteiger charge is 2.16. The third kappa shape index (κ3) is 5.41. The molecule has 1 heterocycles. The number of benzene rings is 2. The number of hydrogen-bond donors (Lipinski definition) is 1. The number of fused-ring (bicyclic) bond motifs is 1. The van der Waals surface area contributed by atoms with Crippen molar-refractivity contribution in [3.63, 3.8) is 0 Å². The minimum atomic E-state index is 0.0651. The molecule has 0 aliphatic heterocycles. The molecular weight excluding hydrogens is 374 g/mol. The van der Waals surface area contributed by atoms with E-state index in [4.69, 9.17) is 9.72 Å². The SMILES string of the molecule is CCc1ccc(OCCCn2c(CNC(=O)C(CC)CC)nc3ccccc32)cc1. The van der Waals surface area contributed by atoms with Gasteiger partial charge < -0.3 is 14.6 Å². The fourth-order valence-corrected chi connectivity index (χ4v) is 3.71. The first-order valence-corrected chi connectivity index (χ1v) is 11.1. The van der Waals surface area contributed by atoms with Gasteiger partial charge in [-0.1, -0.05) is 45.0 Å². The van der Waals surface area contributed by atoms with E-state index in [2.05, 4.69) is 48.9 Å². The zero-order valence-electron chi connectivity index (χ0n) is 18.4. The van der Waals surface area contributed by atoms with Crippen LogP contribution >= 0.6 is 0 Å². The highest BCUT2D eigenvalue weighted by Crippen LogP contribution is 2.18. The van der Waals surface area contributed by atoms with Crippen molar-refractivity contribution in [1.29, 1.82) is 0 Å². The summed E-state index contributed by atoms with van der Waals surface area (Å²) >= 11 is 0. The number of imidazole rings is 1. The predicted molar refractivity (Wildman–Crippen MR) is 122 cm³/mol. The van der Waals surface area contributed by atoms with Crippen molar-refractivity contribution in [2.24, 2.45) is 5.92 Å². The fourth-order valence-electron chi connectivity index (χ4n) is 3.71. The zero-order chi connectivity index (χ0) is 21.3. The molecule has 0 spiro atoms. The van der Waals surface area contributed by atoms with Gasteiger partial charge in [-0.2, -0.15) is 0 Å². The van der Waals surface area contributed by atoms with Crippen molar-refractivity contribution in [3.05, 3.63) is 59.9 Å². The predicted octanol–water partition coefficient (Wildman–Crippen LogP) is 5.12. The summed E-state index contributed by atoms with van der Waals surface area (Å²) in [6.07, 6.45) is 3.61. The van der Waals surface area contributed by atoms with Crippen molar-refractivity contribution in [2.45, 2.75) is 59.5 Å². The minimum Gasteiger partial charge on any atom is -0.494 e. The molecule has 5 nitrogen and oxygen atoms in total. The quantitative estimate of drug-likeness (QED) is 0.449. The van der Waals surface area contributed by atoms with Gasteiger partial charge in [0, 0.05) is 12.5 Å². The average Bonchev–Trinajstić information content (AvgIpc) is 3.14. The molecule has 1 N–H and O–H groups in total. The zero-order valence-corrected chi connectivity index (χ0v) is 18.4. The van der Waals surface area contributed by atoms with Crippen LogP contribution in [0.4, 0.5) is 0 Å². The maximum Gasteiger partial charge on any atom is 0.223 e. The first-order chi connectivity index (χ1) is 14.7. The molecule has 0 saturated carbocycles. The van der Waals surface area contributed by atoms with Gasteiger partial charge in [0.05, 0.1) is 24.2 Å². The van der Waals surface area contributed by atoms with Crippen LogP contribution < -0.4 is 10.1 Å². The van der Waals surface area contributed by atoms with E-state index in [9.17, 15) is 4.79 Å². The Bertz CT molecular complexity index is 943. The van der Waals surface area contributed by atoms with E-state index in [1.165, 1.54) is 5.56 Å². The number of hydrogen-bond acceptors (Lipinski definition) is 3. The van der Waals surface area contributed by atoms with E-state index < -0.39 is 0 Å². The van der Waals surface area contributed by atoms with Crippen molar-refractivity contribution in [2.75, 3.05) is 6.61 Å². The second-order valence-electron chi connectivity index (χ2n) is 7.60. The number of para-hydroxylation sites is 2. The molecule has 0 fully saturated rings. The lowest BCUT2D eigenvalue weighted by atomic mass is 10.0. The van der Waals surface area contributed by atoms with Crippen LogP contribution in [0.1, 0.15) is 51.4 Å². The molecule has 2 aromatic carbocycles. The van der Waals surface area contributed by atoms with Gasteiger partial charge in [0.25, 0.3) is 0 Å². The number of rotatable bonds is 11. The van der Waals surface area contributed by atoms with E-state index in [-0.39, 0.29) is 11.8 Å². The van der Waals surface area contributed by atoms with Crippen molar-refractivity contribution >= 4 is 16.9 Å². The van der Waals surface area contributed by atoms with Crippen LogP contribution in [0.3, 0.4) is 0 Å². The second-order valence-corrected chi connectivity index (χ2v) is 7.60. The number of ether oxygens (including phenoxy) is 1. The molecule has 0 atom stereocenters. The molecule has 0 unspecified atom stereocenters. The van der Waals surface area contributed by atoms with Crippen molar-refractivity contribution < 1.29 is 9.53 Å². The van der Waals surface area contributed by atoms with E-state index in [0.29, 0.717) is 13.2 Å². The largest absolute Gasteiger partial charge is 0.494 e. The van der Waals surface area contributed by atoms with Crippen LogP contribution in [0.15, 0.2) is 48.5 Å². The molecule has 0 aliphatic rings. The Labute approximate surface area is 179 Å². The number of aryl methyl sites for hydroxylation is 2. The lowest BCUT2D eigenvalue weighted by Gasteiger charge is -2.14. The lowest BCUT2D eigenvalue weighted by Crippen LogP contribution is -2.30. The second kappa shape index (κ2) is 10.8. The lowest BCUT2D eigenvalue weighted by molar-refractivity contribution is -0.125. The molecule has 30 heavy (non-hydrogen) atoms. The van der Waals surface area contributed by atoms with E-state index in [1.54, 1.807) is 0 Å². The van der Waals surface area contributed by atoms with Crippen LogP contribution in [-0.4, -0.2) is 22.1 Å². The molecule has 0 bridgehead atoms. The summed E-state index contributed by atoms with van der Waals surface area (Å²) in [4.78, 5) is 17.2. The molecule has 5 heteroatoms. The van der Waals surface area contributed by atoms with Gasteiger partial charge in [-0.05, 0) is 55.5 Å². The normalized spacial score (nSPS) is 11.2. The van der Waals surface area contributed by atoms with Crippen LogP contribution in [0, 0.1) is 5.92 Å². The molecule has 160 valence electrons. The van der Waals surface area contributed by atoms with Crippen molar-refractivity contribution in [3.8, 4) is 5.75 Å². The smallest absolute Gasteiger partial charge is 0.223 e. The molecule has 0 radical (unpaired) electrons. The number of carbonyl (C=O) groups is 1. The van der Waals surface area contributed by atoms with E-state index in [1.807, 2.05) is 30.3 Å². The average molecular weight is 408 g/mol. The Morgan fingerprint density at radius 2 is 1.80 bits per heavy atom. The monoisotopic (exact) mass is 407 g/mol. The first kappa shape index (κ1) is 21.9. The molecule has 0 aliphatic carbocycles. The minimum absolute atomic E-state index is 0.0651. The highest BCUT2D eigenvalue weighted by atomic mass is 16.5. The Balaban J connectivity index is 1.63. The number of nitrogens with zero attached hydrogens (tertiary/aromatic N) is 2. The Morgan fingerprint density at radius 1 is 1.07 bits per heavy atom. The van der Waals surface area contributed by atoms with Gasteiger partial charge in [0.2, 0.25) is 5.91 Å². The van der Waals surface area contributed by atoms with Gasteiger partial charge in [-0.25, -0.2) is 4.98 Å². The maximum absolute atomic E-state index is 12.4. The van der Waals surface area contributed by atoms with E-state index >= 15 is 0 Å². The summed E-state index contributed by atoms with van der Waals surface area (Å²) in [5.74, 6) is 1.97. The first-order valence-electron chi connectivity index (χ1n) is 11.1. The number of nitrogens with one attached hydrogen (secondary N) is 1. The molecule has 0 saturated heterocycles. The summed E-state index contributed by atoms with van der Waals surface area (Å²) in [6, 6.07) is 16.4. The summed E-state index contributed by atoms with van der Waals surface area (Å²) in [5, 5.41) is 3.08.